The molecule has 5 rings (SSSR count). The first kappa shape index (κ1) is 21.2. The zero-order valence-electron chi connectivity index (χ0n) is 17.1. The molecule has 164 valence electrons. The molecule has 1 aliphatic carbocycles. The number of aliphatic hydroxyl groups is 1. The molecule has 31 heavy (non-hydrogen) atoms. The first-order chi connectivity index (χ1) is 15.0. The second kappa shape index (κ2) is 8.04. The lowest BCUT2D eigenvalue weighted by Gasteiger charge is -2.45. The third kappa shape index (κ3) is 3.12. The Bertz CT molecular complexity index is 1030. The minimum absolute atomic E-state index is 0.0408. The van der Waals surface area contributed by atoms with Crippen LogP contribution in [0.1, 0.15) is 55.6 Å². The number of hydrogen-bond acceptors (Lipinski definition) is 3. The van der Waals surface area contributed by atoms with Gasteiger partial charge in [0, 0.05) is 34.3 Å². The molecule has 0 bridgehead atoms. The number of amides is 1. The topological polar surface area (TPSA) is 52.6 Å². The average Bonchev–Trinajstić information content (AvgIpc) is 3.26. The van der Waals surface area contributed by atoms with Gasteiger partial charge in [0.05, 0.1) is 11.6 Å². The normalized spacial score (nSPS) is 28.8. The number of aliphatic hydroxyl groups excluding tert-OH is 1. The maximum atomic E-state index is 15.3. The van der Waals surface area contributed by atoms with Gasteiger partial charge in [0.25, 0.3) is 0 Å². The largest absolute Gasteiger partial charge is 0.395 e. The lowest BCUT2D eigenvalue weighted by Crippen LogP contribution is -2.57. The van der Waals surface area contributed by atoms with E-state index >= 15 is 4.39 Å². The Hall–Kier alpha value is -1.66. The van der Waals surface area contributed by atoms with Crippen molar-refractivity contribution in [3.05, 3.63) is 63.4 Å². The number of nitrogens with zero attached hydrogens (tertiary/aromatic N) is 1. The molecule has 4 nitrogen and oxygen atoms in total. The Kier molecular flexibility index (Phi) is 5.50. The van der Waals surface area contributed by atoms with E-state index in [2.05, 4.69) is 10.2 Å². The third-order valence-corrected chi connectivity index (χ3v) is 7.86. The molecule has 2 N–H and O–H groups in total. The SMILES string of the molecule is O=C1Nc2cc(Cl)ccc2[C@@]12[C@@H](c1cccc(Cl)c1F)C[C@H](CO)N2C1CCCCC1. The van der Waals surface area contributed by atoms with Crippen LogP contribution in [0.2, 0.25) is 10.0 Å². The van der Waals surface area contributed by atoms with Gasteiger partial charge in [-0.1, -0.05) is 60.7 Å². The summed E-state index contributed by atoms with van der Waals surface area (Å²) in [5, 5.41) is 14.0. The number of halogens is 3. The first-order valence-corrected chi connectivity index (χ1v) is 11.7. The summed E-state index contributed by atoms with van der Waals surface area (Å²) >= 11 is 12.4. The predicted molar refractivity (Wildman–Crippen MR) is 120 cm³/mol. The fourth-order valence-corrected chi connectivity index (χ4v) is 6.52. The Morgan fingerprint density at radius 1 is 1.16 bits per heavy atom. The molecule has 0 aromatic heterocycles. The predicted octanol–water partition coefficient (Wildman–Crippen LogP) is 5.46. The highest BCUT2D eigenvalue weighted by Crippen LogP contribution is 2.59. The highest BCUT2D eigenvalue weighted by atomic mass is 35.5. The van der Waals surface area contributed by atoms with Crippen molar-refractivity contribution >= 4 is 34.8 Å². The number of benzene rings is 2. The van der Waals surface area contributed by atoms with Crippen LogP contribution >= 0.6 is 23.2 Å². The fourth-order valence-electron chi connectivity index (χ4n) is 6.17. The molecule has 3 atom stereocenters. The molecule has 1 saturated heterocycles. The Morgan fingerprint density at radius 3 is 2.68 bits per heavy atom. The van der Waals surface area contributed by atoms with Crippen molar-refractivity contribution in [2.75, 3.05) is 11.9 Å². The van der Waals surface area contributed by atoms with E-state index in [4.69, 9.17) is 23.2 Å². The van der Waals surface area contributed by atoms with Crippen LogP contribution in [0.4, 0.5) is 10.1 Å². The van der Waals surface area contributed by atoms with Crippen molar-refractivity contribution in [2.24, 2.45) is 0 Å². The van der Waals surface area contributed by atoms with E-state index in [9.17, 15) is 9.90 Å². The molecule has 2 aromatic rings. The second-order valence-corrected chi connectivity index (χ2v) is 9.72. The fraction of sp³-hybridized carbons (Fsp3) is 0.458. The molecule has 2 heterocycles. The minimum Gasteiger partial charge on any atom is -0.395 e. The maximum absolute atomic E-state index is 15.3. The van der Waals surface area contributed by atoms with Crippen molar-refractivity contribution < 1.29 is 14.3 Å². The van der Waals surface area contributed by atoms with Gasteiger partial charge in [0.1, 0.15) is 11.4 Å². The van der Waals surface area contributed by atoms with E-state index in [1.807, 2.05) is 6.07 Å². The summed E-state index contributed by atoms with van der Waals surface area (Å²) in [6.45, 7) is -0.0901. The molecule has 7 heteroatoms. The number of fused-ring (bicyclic) bond motifs is 2. The van der Waals surface area contributed by atoms with Gasteiger partial charge >= 0.3 is 0 Å². The molecule has 3 aliphatic rings. The highest BCUT2D eigenvalue weighted by molar-refractivity contribution is 6.31. The van der Waals surface area contributed by atoms with Gasteiger partial charge < -0.3 is 10.4 Å². The Morgan fingerprint density at radius 2 is 1.94 bits per heavy atom. The Balaban J connectivity index is 1.76. The summed E-state index contributed by atoms with van der Waals surface area (Å²) in [7, 11) is 0. The number of carbonyl (C=O) groups is 1. The number of carbonyl (C=O) groups excluding carboxylic acids is 1. The summed E-state index contributed by atoms with van der Waals surface area (Å²) in [6, 6.07) is 10.3. The molecule has 0 unspecified atom stereocenters. The number of hydrogen-bond donors (Lipinski definition) is 2. The molecule has 2 aromatic carbocycles. The summed E-state index contributed by atoms with van der Waals surface area (Å²) < 4.78 is 15.3. The monoisotopic (exact) mass is 462 g/mol. The van der Waals surface area contributed by atoms with Crippen LogP contribution in [0.3, 0.4) is 0 Å². The minimum atomic E-state index is -1.11. The van der Waals surface area contributed by atoms with Crippen LogP contribution in [0, 0.1) is 5.82 Å². The van der Waals surface area contributed by atoms with Gasteiger partial charge in [-0.15, -0.1) is 0 Å². The summed E-state index contributed by atoms with van der Waals surface area (Å²) in [5.74, 6) is -1.16. The average molecular weight is 463 g/mol. The summed E-state index contributed by atoms with van der Waals surface area (Å²) in [4.78, 5) is 16.0. The van der Waals surface area contributed by atoms with Gasteiger partial charge in [-0.05, 0) is 43.0 Å². The second-order valence-electron chi connectivity index (χ2n) is 8.88. The third-order valence-electron chi connectivity index (χ3n) is 7.34. The molecule has 1 spiro atoms. The van der Waals surface area contributed by atoms with Gasteiger partial charge in [-0.3, -0.25) is 9.69 Å². The van der Waals surface area contributed by atoms with Crippen molar-refractivity contribution in [2.45, 2.75) is 62.1 Å². The van der Waals surface area contributed by atoms with E-state index < -0.39 is 17.3 Å². The molecule has 1 amide bonds. The van der Waals surface area contributed by atoms with E-state index in [-0.39, 0.29) is 29.6 Å². The Labute approximate surface area is 191 Å². The van der Waals surface area contributed by atoms with Gasteiger partial charge in [0.15, 0.2) is 0 Å². The molecular weight excluding hydrogens is 438 g/mol. The summed E-state index contributed by atoms with van der Waals surface area (Å²) in [6.07, 6.45) is 5.73. The number of likely N-dealkylation sites (tertiary alicyclic amines) is 1. The molecule has 0 radical (unpaired) electrons. The van der Waals surface area contributed by atoms with Crippen LogP contribution in [0.5, 0.6) is 0 Å². The summed E-state index contributed by atoms with van der Waals surface area (Å²) in [5.41, 5.74) is 0.764. The van der Waals surface area contributed by atoms with E-state index in [1.54, 1.807) is 24.3 Å². The van der Waals surface area contributed by atoms with Crippen LogP contribution in [0.25, 0.3) is 0 Å². The quantitative estimate of drug-likeness (QED) is 0.636. The lowest BCUT2D eigenvalue weighted by atomic mass is 9.74. The molecule has 1 saturated carbocycles. The van der Waals surface area contributed by atoms with Crippen LogP contribution in [0.15, 0.2) is 36.4 Å². The van der Waals surface area contributed by atoms with Gasteiger partial charge in [-0.2, -0.15) is 0 Å². The van der Waals surface area contributed by atoms with E-state index in [0.717, 1.165) is 31.2 Å². The van der Waals surface area contributed by atoms with Crippen LogP contribution < -0.4 is 5.32 Å². The first-order valence-electron chi connectivity index (χ1n) is 10.9. The van der Waals surface area contributed by atoms with Crippen molar-refractivity contribution in [3.63, 3.8) is 0 Å². The van der Waals surface area contributed by atoms with E-state index in [1.165, 1.54) is 12.5 Å². The van der Waals surface area contributed by atoms with E-state index in [0.29, 0.717) is 22.7 Å². The van der Waals surface area contributed by atoms with Crippen molar-refractivity contribution in [3.8, 4) is 0 Å². The maximum Gasteiger partial charge on any atom is 0.250 e. The number of rotatable bonds is 3. The van der Waals surface area contributed by atoms with Gasteiger partial charge in [-0.25, -0.2) is 4.39 Å². The van der Waals surface area contributed by atoms with Crippen molar-refractivity contribution in [1.29, 1.82) is 0 Å². The van der Waals surface area contributed by atoms with Crippen LogP contribution in [-0.4, -0.2) is 34.6 Å². The smallest absolute Gasteiger partial charge is 0.250 e. The number of nitrogens with one attached hydrogen (secondary N) is 1. The van der Waals surface area contributed by atoms with Gasteiger partial charge in [0.2, 0.25) is 5.91 Å². The molecule has 2 fully saturated rings. The lowest BCUT2D eigenvalue weighted by molar-refractivity contribution is -0.130. The van der Waals surface area contributed by atoms with Crippen molar-refractivity contribution in [1.82, 2.24) is 4.90 Å². The zero-order chi connectivity index (χ0) is 21.8. The number of anilines is 1. The molecule has 2 aliphatic heterocycles. The zero-order valence-corrected chi connectivity index (χ0v) is 18.6. The highest BCUT2D eigenvalue weighted by Gasteiger charge is 2.64. The standard InChI is InChI=1S/C24H25Cl2FN2O2/c25-14-9-10-18-21(11-14)28-23(31)24(18)19(17-7-4-8-20(26)22(17)27)12-16(13-30)29(24)15-5-2-1-3-6-15/h4,7-11,15-16,19,30H,1-3,5-6,12-13H2,(H,28,31)/t16-,19-,24-/m1/s1. The molecular formula is C24H25Cl2FN2O2. The van der Waals surface area contributed by atoms with Crippen LogP contribution in [-0.2, 0) is 10.3 Å².